The van der Waals surface area contributed by atoms with Crippen molar-refractivity contribution in [3.05, 3.63) is 22.2 Å². The van der Waals surface area contributed by atoms with Gasteiger partial charge in [-0.25, -0.2) is 0 Å². The summed E-state index contributed by atoms with van der Waals surface area (Å²) in [5.74, 6) is 1.29. The number of rotatable bonds is 2. The van der Waals surface area contributed by atoms with Gasteiger partial charge in [-0.3, -0.25) is 0 Å². The smallest absolute Gasteiger partial charge is 0.231 e. The lowest BCUT2D eigenvalue weighted by molar-refractivity contribution is -0.108. The van der Waals surface area contributed by atoms with Crippen molar-refractivity contribution in [2.24, 2.45) is 0 Å². The highest BCUT2D eigenvalue weighted by atomic mass is 79.9. The van der Waals surface area contributed by atoms with E-state index >= 15 is 0 Å². The first-order chi connectivity index (χ1) is 6.72. The van der Waals surface area contributed by atoms with Gasteiger partial charge in [0.05, 0.1) is 0 Å². The van der Waals surface area contributed by atoms with Crippen molar-refractivity contribution in [1.29, 1.82) is 0 Å². The highest BCUT2D eigenvalue weighted by Crippen LogP contribution is 2.38. The molecule has 0 saturated carbocycles. The molecule has 1 unspecified atom stereocenters. The van der Waals surface area contributed by atoms with Gasteiger partial charge in [-0.15, -0.1) is 0 Å². The van der Waals surface area contributed by atoms with E-state index in [1.165, 1.54) is 0 Å². The number of hydrogen-bond acceptors (Lipinski definition) is 3. The molecule has 0 radical (unpaired) electrons. The second kappa shape index (κ2) is 3.61. The zero-order chi connectivity index (χ0) is 10.1. The maximum atomic E-state index is 10.7. The fourth-order valence-electron chi connectivity index (χ4n) is 1.36. The van der Waals surface area contributed by atoms with Crippen LogP contribution in [0.2, 0.25) is 0 Å². The second-order valence-electron chi connectivity index (χ2n) is 3.15. The molecule has 0 bridgehead atoms. The Morgan fingerprint density at radius 3 is 2.71 bits per heavy atom. The van der Waals surface area contributed by atoms with Crippen LogP contribution < -0.4 is 9.47 Å². The van der Waals surface area contributed by atoms with E-state index in [1.807, 2.05) is 19.1 Å². The summed E-state index contributed by atoms with van der Waals surface area (Å²) < 4.78 is 11.3. The van der Waals surface area contributed by atoms with Crippen LogP contribution in [-0.2, 0) is 4.79 Å². The van der Waals surface area contributed by atoms with Crippen molar-refractivity contribution >= 4 is 22.2 Å². The molecule has 0 spiro atoms. The molecule has 1 atom stereocenters. The molecular formula is C10H9BrO3. The molecule has 0 aromatic heterocycles. The predicted octanol–water partition coefficient (Wildman–Crippen LogP) is 2.48. The maximum Gasteiger partial charge on any atom is 0.231 e. The molecule has 74 valence electrons. The quantitative estimate of drug-likeness (QED) is 0.763. The Balaban J connectivity index is 2.47. The lowest BCUT2D eigenvalue weighted by atomic mass is 10.0. The number of halogens is 1. The molecule has 0 amide bonds. The van der Waals surface area contributed by atoms with Crippen LogP contribution in [-0.4, -0.2) is 13.1 Å². The normalized spacial score (nSPS) is 15.3. The second-order valence-corrected chi connectivity index (χ2v) is 4.01. The molecule has 0 saturated heterocycles. The summed E-state index contributed by atoms with van der Waals surface area (Å²) in [7, 11) is 0. The van der Waals surface area contributed by atoms with Crippen LogP contribution in [0.25, 0.3) is 0 Å². The maximum absolute atomic E-state index is 10.7. The number of benzene rings is 1. The van der Waals surface area contributed by atoms with E-state index < -0.39 is 0 Å². The first-order valence-corrected chi connectivity index (χ1v) is 5.06. The van der Waals surface area contributed by atoms with Gasteiger partial charge < -0.3 is 14.3 Å². The molecule has 1 heterocycles. The molecule has 1 aromatic carbocycles. The van der Waals surface area contributed by atoms with Gasteiger partial charge in [-0.05, 0) is 17.7 Å². The molecule has 3 nitrogen and oxygen atoms in total. The summed E-state index contributed by atoms with van der Waals surface area (Å²) in [6.07, 6.45) is 0.905. The standard InChI is InChI=1S/C10H9BrO3/c1-6(4-12)7-2-9-10(3-8(7)11)14-5-13-9/h2-4,6H,5H2,1H3. The molecule has 1 aromatic rings. The van der Waals surface area contributed by atoms with Gasteiger partial charge in [0.2, 0.25) is 6.79 Å². The van der Waals surface area contributed by atoms with Crippen LogP contribution in [0.5, 0.6) is 11.5 Å². The van der Waals surface area contributed by atoms with Gasteiger partial charge in [0.25, 0.3) is 0 Å². The Morgan fingerprint density at radius 1 is 1.43 bits per heavy atom. The third-order valence-corrected chi connectivity index (χ3v) is 2.87. The molecule has 1 aliphatic heterocycles. The van der Waals surface area contributed by atoms with E-state index in [-0.39, 0.29) is 12.7 Å². The van der Waals surface area contributed by atoms with Gasteiger partial charge in [-0.2, -0.15) is 0 Å². The molecular weight excluding hydrogens is 248 g/mol. The Bertz CT molecular complexity index is 376. The van der Waals surface area contributed by atoms with Crippen LogP contribution in [0.1, 0.15) is 18.4 Å². The number of carbonyl (C=O) groups is 1. The Hall–Kier alpha value is -1.03. The lowest BCUT2D eigenvalue weighted by Crippen LogP contribution is -1.95. The number of ether oxygens (including phenoxy) is 2. The van der Waals surface area contributed by atoms with Crippen molar-refractivity contribution in [2.45, 2.75) is 12.8 Å². The zero-order valence-corrected chi connectivity index (χ0v) is 9.21. The average Bonchev–Trinajstić information content (AvgIpc) is 2.62. The van der Waals surface area contributed by atoms with E-state index in [1.54, 1.807) is 0 Å². The lowest BCUT2D eigenvalue weighted by Gasteiger charge is -2.08. The van der Waals surface area contributed by atoms with E-state index in [0.717, 1.165) is 22.1 Å². The Morgan fingerprint density at radius 2 is 2.07 bits per heavy atom. The van der Waals surface area contributed by atoms with E-state index in [9.17, 15) is 4.79 Å². The first kappa shape index (κ1) is 9.52. The summed E-state index contributed by atoms with van der Waals surface area (Å²) in [6.45, 7) is 2.09. The van der Waals surface area contributed by atoms with E-state index in [0.29, 0.717) is 5.75 Å². The topological polar surface area (TPSA) is 35.5 Å². The zero-order valence-electron chi connectivity index (χ0n) is 7.62. The predicted molar refractivity (Wildman–Crippen MR) is 54.7 cm³/mol. The van der Waals surface area contributed by atoms with Crippen molar-refractivity contribution in [3.8, 4) is 11.5 Å². The molecule has 0 N–H and O–H groups in total. The molecule has 0 aliphatic carbocycles. The molecule has 14 heavy (non-hydrogen) atoms. The van der Waals surface area contributed by atoms with Crippen molar-refractivity contribution in [2.75, 3.05) is 6.79 Å². The SMILES string of the molecule is CC(C=O)c1cc2c(cc1Br)OCO2. The van der Waals surface area contributed by atoms with Crippen LogP contribution >= 0.6 is 15.9 Å². The minimum absolute atomic E-state index is 0.140. The molecule has 0 fully saturated rings. The fraction of sp³-hybridized carbons (Fsp3) is 0.300. The minimum Gasteiger partial charge on any atom is -0.454 e. The van der Waals surface area contributed by atoms with Gasteiger partial charge in [-0.1, -0.05) is 22.9 Å². The summed E-state index contributed by atoms with van der Waals surface area (Å²) in [5, 5.41) is 0. The summed E-state index contributed by atoms with van der Waals surface area (Å²) in [6, 6.07) is 3.67. The van der Waals surface area contributed by atoms with Crippen molar-refractivity contribution < 1.29 is 14.3 Å². The van der Waals surface area contributed by atoms with Crippen LogP contribution in [0.4, 0.5) is 0 Å². The van der Waals surface area contributed by atoms with E-state index in [2.05, 4.69) is 15.9 Å². The van der Waals surface area contributed by atoms with Crippen molar-refractivity contribution in [3.63, 3.8) is 0 Å². The third-order valence-electron chi connectivity index (χ3n) is 2.19. The van der Waals surface area contributed by atoms with Gasteiger partial charge in [0.15, 0.2) is 11.5 Å². The Kier molecular flexibility index (Phi) is 2.46. The van der Waals surface area contributed by atoms with Gasteiger partial charge >= 0.3 is 0 Å². The van der Waals surface area contributed by atoms with Crippen molar-refractivity contribution in [1.82, 2.24) is 0 Å². The first-order valence-electron chi connectivity index (χ1n) is 4.26. The highest BCUT2D eigenvalue weighted by Gasteiger charge is 2.18. The molecule has 4 heteroatoms. The highest BCUT2D eigenvalue weighted by molar-refractivity contribution is 9.10. The van der Waals surface area contributed by atoms with Crippen LogP contribution in [0, 0.1) is 0 Å². The van der Waals surface area contributed by atoms with Gasteiger partial charge in [0.1, 0.15) is 6.29 Å². The third kappa shape index (κ3) is 1.50. The average molecular weight is 257 g/mol. The summed E-state index contributed by atoms with van der Waals surface area (Å²) >= 11 is 3.40. The largest absolute Gasteiger partial charge is 0.454 e. The van der Waals surface area contributed by atoms with E-state index in [4.69, 9.17) is 9.47 Å². The monoisotopic (exact) mass is 256 g/mol. The Labute approximate surface area is 90.1 Å². The number of hydrogen-bond donors (Lipinski definition) is 0. The summed E-state index contributed by atoms with van der Waals surface area (Å²) in [5.41, 5.74) is 0.921. The minimum atomic E-state index is -0.140. The van der Waals surface area contributed by atoms with Gasteiger partial charge in [0, 0.05) is 10.4 Å². The molecule has 2 rings (SSSR count). The number of fused-ring (bicyclic) bond motifs is 1. The number of carbonyl (C=O) groups excluding carboxylic acids is 1. The van der Waals surface area contributed by atoms with Crippen LogP contribution in [0.3, 0.4) is 0 Å². The fourth-order valence-corrected chi connectivity index (χ4v) is 2.04. The molecule has 1 aliphatic rings. The number of aldehydes is 1. The summed E-state index contributed by atoms with van der Waals surface area (Å²) in [4.78, 5) is 10.7. The van der Waals surface area contributed by atoms with Crippen LogP contribution in [0.15, 0.2) is 16.6 Å².